The maximum Gasteiger partial charge on any atom is 0.340 e. The smallest absolute Gasteiger partial charge is 0.340 e. The number of H-pyrrole nitrogens is 1. The molecule has 0 spiro atoms. The minimum atomic E-state index is -0.618. The Morgan fingerprint density at radius 3 is 2.57 bits per heavy atom. The van der Waals surface area contributed by atoms with E-state index in [9.17, 15) is 9.59 Å². The number of carbonyl (C=O) groups is 2. The zero-order valence-corrected chi connectivity index (χ0v) is 20.4. The van der Waals surface area contributed by atoms with Gasteiger partial charge in [0.1, 0.15) is 0 Å². The van der Waals surface area contributed by atoms with Gasteiger partial charge in [0.15, 0.2) is 11.5 Å². The number of methoxy groups -OCH3 is 2. The van der Waals surface area contributed by atoms with Crippen LogP contribution in [0.5, 0.6) is 11.5 Å². The Balaban J connectivity index is 1.47. The monoisotopic (exact) mass is 478 g/mol. The first-order chi connectivity index (χ1) is 16.8. The average Bonchev–Trinajstić information content (AvgIpc) is 3.32. The molecule has 1 saturated carbocycles. The SMILES string of the molecule is COCCC(C)(C)c1cc2cc(NC(=O)C3(c4ccc5c(c4)OCO5)CC3)cc(C(=O)OC)c2[nH]1. The molecule has 2 aromatic carbocycles. The Morgan fingerprint density at radius 2 is 1.86 bits per heavy atom. The summed E-state index contributed by atoms with van der Waals surface area (Å²) in [5, 5.41) is 3.88. The van der Waals surface area contributed by atoms with E-state index in [1.807, 2.05) is 30.3 Å². The molecule has 2 heterocycles. The number of rotatable bonds is 8. The summed E-state index contributed by atoms with van der Waals surface area (Å²) in [4.78, 5) is 29.5. The van der Waals surface area contributed by atoms with E-state index in [1.54, 1.807) is 13.2 Å². The number of anilines is 1. The lowest BCUT2D eigenvalue weighted by Gasteiger charge is -2.22. The Kier molecular flexibility index (Phi) is 5.71. The highest BCUT2D eigenvalue weighted by Crippen LogP contribution is 2.51. The van der Waals surface area contributed by atoms with E-state index in [0.717, 1.165) is 35.9 Å². The third-order valence-corrected chi connectivity index (χ3v) is 7.16. The first-order valence-electron chi connectivity index (χ1n) is 11.7. The van der Waals surface area contributed by atoms with E-state index < -0.39 is 11.4 Å². The topological polar surface area (TPSA) is 98.9 Å². The normalized spacial score (nSPS) is 15.8. The molecule has 1 aliphatic heterocycles. The highest BCUT2D eigenvalue weighted by molar-refractivity contribution is 6.08. The summed E-state index contributed by atoms with van der Waals surface area (Å²) in [6.45, 7) is 5.06. The molecule has 1 aliphatic carbocycles. The first-order valence-corrected chi connectivity index (χ1v) is 11.7. The van der Waals surface area contributed by atoms with Gasteiger partial charge in [-0.3, -0.25) is 4.79 Å². The number of esters is 1. The second kappa shape index (κ2) is 8.61. The van der Waals surface area contributed by atoms with E-state index in [2.05, 4.69) is 24.1 Å². The minimum absolute atomic E-state index is 0.109. The van der Waals surface area contributed by atoms with Gasteiger partial charge in [-0.15, -0.1) is 0 Å². The number of hydrogen-bond donors (Lipinski definition) is 2. The Bertz CT molecular complexity index is 1300. The van der Waals surface area contributed by atoms with E-state index in [0.29, 0.717) is 34.9 Å². The van der Waals surface area contributed by atoms with Crippen molar-refractivity contribution in [2.24, 2.45) is 0 Å². The van der Waals surface area contributed by atoms with Crippen LogP contribution in [0.4, 0.5) is 5.69 Å². The number of carbonyl (C=O) groups excluding carboxylic acids is 2. The number of benzene rings is 2. The molecule has 0 bridgehead atoms. The molecule has 184 valence electrons. The Hall–Kier alpha value is -3.52. The van der Waals surface area contributed by atoms with Crippen molar-refractivity contribution in [3.05, 3.63) is 53.2 Å². The predicted molar refractivity (Wildman–Crippen MR) is 131 cm³/mol. The lowest BCUT2D eigenvalue weighted by atomic mass is 9.86. The molecule has 0 radical (unpaired) electrons. The molecule has 5 rings (SSSR count). The molecule has 35 heavy (non-hydrogen) atoms. The maximum absolute atomic E-state index is 13.4. The van der Waals surface area contributed by atoms with Gasteiger partial charge in [0, 0.05) is 35.9 Å². The fourth-order valence-electron chi connectivity index (χ4n) is 4.66. The van der Waals surface area contributed by atoms with Crippen LogP contribution in [0.3, 0.4) is 0 Å². The van der Waals surface area contributed by atoms with Gasteiger partial charge in [-0.1, -0.05) is 19.9 Å². The minimum Gasteiger partial charge on any atom is -0.465 e. The van der Waals surface area contributed by atoms with Gasteiger partial charge in [0.2, 0.25) is 12.7 Å². The molecule has 1 fully saturated rings. The summed E-state index contributed by atoms with van der Waals surface area (Å²) in [7, 11) is 3.03. The fourth-order valence-corrected chi connectivity index (χ4v) is 4.66. The molecule has 2 N–H and O–H groups in total. The van der Waals surface area contributed by atoms with Crippen molar-refractivity contribution in [3.8, 4) is 11.5 Å². The van der Waals surface area contributed by atoms with Crippen LogP contribution in [0.15, 0.2) is 36.4 Å². The van der Waals surface area contributed by atoms with Gasteiger partial charge in [0.25, 0.3) is 0 Å². The molecule has 0 unspecified atom stereocenters. The Morgan fingerprint density at radius 1 is 1.09 bits per heavy atom. The van der Waals surface area contributed by atoms with Crippen LogP contribution in [0.1, 0.15) is 54.7 Å². The van der Waals surface area contributed by atoms with Crippen molar-refractivity contribution >= 4 is 28.5 Å². The van der Waals surface area contributed by atoms with Crippen molar-refractivity contribution in [3.63, 3.8) is 0 Å². The summed E-state index contributed by atoms with van der Waals surface area (Å²) < 4.78 is 21.2. The summed E-state index contributed by atoms with van der Waals surface area (Å²) in [6.07, 6.45) is 2.30. The third kappa shape index (κ3) is 4.12. The highest BCUT2D eigenvalue weighted by atomic mass is 16.7. The summed E-state index contributed by atoms with van der Waals surface area (Å²) >= 11 is 0. The maximum atomic E-state index is 13.4. The summed E-state index contributed by atoms with van der Waals surface area (Å²) in [5.41, 5.74) is 2.69. The van der Waals surface area contributed by atoms with E-state index in [4.69, 9.17) is 18.9 Å². The van der Waals surface area contributed by atoms with Gasteiger partial charge in [-0.05, 0) is 55.2 Å². The highest BCUT2D eigenvalue weighted by Gasteiger charge is 2.51. The first kappa shape index (κ1) is 23.2. The fraction of sp³-hybridized carbons (Fsp3) is 0.407. The van der Waals surface area contributed by atoms with Crippen molar-refractivity contribution in [2.75, 3.05) is 32.9 Å². The van der Waals surface area contributed by atoms with Gasteiger partial charge in [-0.2, -0.15) is 0 Å². The van der Waals surface area contributed by atoms with Gasteiger partial charge in [-0.25, -0.2) is 4.79 Å². The zero-order chi connectivity index (χ0) is 24.8. The second-order valence-electron chi connectivity index (χ2n) is 9.89. The average molecular weight is 479 g/mol. The molecule has 0 atom stereocenters. The standard InChI is InChI=1S/C27H30N2O6/c1-26(2,9-10-32-3)22-12-16-11-18(14-19(23(16)29-22)24(30)33-4)28-25(31)27(7-8-27)17-5-6-20-21(13-17)35-15-34-20/h5-6,11-14,29H,7-10,15H2,1-4H3,(H,28,31). The van der Waals surface area contributed by atoms with Gasteiger partial charge < -0.3 is 29.2 Å². The third-order valence-electron chi connectivity index (χ3n) is 7.16. The molecular weight excluding hydrogens is 448 g/mol. The largest absolute Gasteiger partial charge is 0.465 e. The molecule has 0 saturated heterocycles. The molecule has 2 aliphatic rings. The van der Waals surface area contributed by atoms with Crippen LogP contribution in [-0.4, -0.2) is 44.5 Å². The van der Waals surface area contributed by atoms with Gasteiger partial charge in [0.05, 0.1) is 23.6 Å². The number of nitrogens with one attached hydrogen (secondary N) is 2. The van der Waals surface area contributed by atoms with Crippen molar-refractivity contribution in [1.29, 1.82) is 0 Å². The molecule has 1 amide bonds. The molecule has 3 aromatic rings. The Labute approximate surface area is 203 Å². The van der Waals surface area contributed by atoms with E-state index >= 15 is 0 Å². The predicted octanol–water partition coefficient (Wildman–Crippen LogP) is 4.67. The second-order valence-corrected chi connectivity index (χ2v) is 9.89. The van der Waals surface area contributed by atoms with Gasteiger partial charge >= 0.3 is 5.97 Å². The van der Waals surface area contributed by atoms with Crippen LogP contribution in [-0.2, 0) is 25.1 Å². The van der Waals surface area contributed by atoms with Crippen molar-refractivity contribution < 1.29 is 28.5 Å². The molecule has 1 aromatic heterocycles. The molecule has 8 nitrogen and oxygen atoms in total. The summed E-state index contributed by atoms with van der Waals surface area (Å²) in [6, 6.07) is 11.2. The number of aromatic amines is 1. The molecular formula is C27H30N2O6. The van der Waals surface area contributed by atoms with Crippen LogP contribution >= 0.6 is 0 Å². The quantitative estimate of drug-likeness (QED) is 0.457. The van der Waals surface area contributed by atoms with Crippen LogP contribution in [0.2, 0.25) is 0 Å². The van der Waals surface area contributed by atoms with Crippen molar-refractivity contribution in [1.82, 2.24) is 4.98 Å². The van der Waals surface area contributed by atoms with Crippen molar-refractivity contribution in [2.45, 2.75) is 43.9 Å². The number of fused-ring (bicyclic) bond motifs is 2. The lowest BCUT2D eigenvalue weighted by molar-refractivity contribution is -0.118. The number of aromatic nitrogens is 1. The zero-order valence-electron chi connectivity index (χ0n) is 20.4. The van der Waals surface area contributed by atoms with Crippen LogP contribution < -0.4 is 14.8 Å². The summed E-state index contributed by atoms with van der Waals surface area (Å²) in [5.74, 6) is 0.774. The van der Waals surface area contributed by atoms with E-state index in [1.165, 1.54) is 7.11 Å². The molecule has 8 heteroatoms. The van der Waals surface area contributed by atoms with E-state index in [-0.39, 0.29) is 18.1 Å². The lowest BCUT2D eigenvalue weighted by Crippen LogP contribution is -2.27. The number of ether oxygens (including phenoxy) is 4. The number of hydrogen-bond acceptors (Lipinski definition) is 6. The van der Waals surface area contributed by atoms with Crippen LogP contribution in [0.25, 0.3) is 10.9 Å². The number of amides is 1. The van der Waals surface area contributed by atoms with Crippen LogP contribution in [0, 0.1) is 0 Å².